The van der Waals surface area contributed by atoms with Gasteiger partial charge >= 0.3 is 0 Å². The summed E-state index contributed by atoms with van der Waals surface area (Å²) < 4.78 is 0. The first-order valence-corrected chi connectivity index (χ1v) is 11.8. The van der Waals surface area contributed by atoms with Crippen LogP contribution in [0.1, 0.15) is 82.6 Å². The first kappa shape index (κ1) is 23.6. The van der Waals surface area contributed by atoms with E-state index in [0.29, 0.717) is 14.3 Å². The molecule has 2 aromatic carbocycles. The molecule has 0 bridgehead atoms. The number of unbranched alkanes of at least 4 members (excludes halogenated alkanes) is 2. The molecule has 2 unspecified atom stereocenters. The molecule has 0 radical (unpaired) electrons. The molecular formula is C26H38NOP. The molecule has 2 rings (SSSR count). The van der Waals surface area contributed by atoms with Gasteiger partial charge in [0, 0.05) is 24.0 Å². The molecule has 3 heteroatoms. The SMILES string of the molecule is CCCCCC(C)(Pc1ccccc1C=NC)c1cc(C(C)(C)C)cc(C)c1O. The summed E-state index contributed by atoms with van der Waals surface area (Å²) >= 11 is 0. The molecule has 29 heavy (non-hydrogen) atoms. The highest BCUT2D eigenvalue weighted by molar-refractivity contribution is 7.48. The van der Waals surface area contributed by atoms with Crippen LogP contribution in [0.25, 0.3) is 0 Å². The second kappa shape index (κ2) is 9.90. The molecule has 0 aliphatic heterocycles. The summed E-state index contributed by atoms with van der Waals surface area (Å²) in [6, 6.07) is 12.9. The van der Waals surface area contributed by atoms with Crippen LogP contribution in [0.5, 0.6) is 5.75 Å². The highest BCUT2D eigenvalue weighted by atomic mass is 31.1. The normalized spacial score (nSPS) is 14.7. The van der Waals surface area contributed by atoms with Gasteiger partial charge in [0.1, 0.15) is 5.75 Å². The van der Waals surface area contributed by atoms with E-state index >= 15 is 0 Å². The van der Waals surface area contributed by atoms with E-state index in [1.54, 1.807) is 0 Å². The third kappa shape index (κ3) is 5.92. The Morgan fingerprint density at radius 2 is 1.76 bits per heavy atom. The Labute approximate surface area is 179 Å². The van der Waals surface area contributed by atoms with Gasteiger partial charge in [0.05, 0.1) is 0 Å². The van der Waals surface area contributed by atoms with Gasteiger partial charge in [-0.2, -0.15) is 0 Å². The van der Waals surface area contributed by atoms with Crippen LogP contribution in [0.4, 0.5) is 0 Å². The molecule has 0 saturated heterocycles. The lowest BCUT2D eigenvalue weighted by molar-refractivity contribution is 0.444. The summed E-state index contributed by atoms with van der Waals surface area (Å²) in [5.74, 6) is 0.464. The van der Waals surface area contributed by atoms with Crippen molar-refractivity contribution in [3.05, 3.63) is 58.7 Å². The summed E-state index contributed by atoms with van der Waals surface area (Å²) in [5, 5.41) is 12.3. The number of rotatable bonds is 8. The Hall–Kier alpha value is -1.66. The van der Waals surface area contributed by atoms with E-state index in [-0.39, 0.29) is 10.6 Å². The number of nitrogens with zero attached hydrogens (tertiary/aromatic N) is 1. The van der Waals surface area contributed by atoms with Crippen molar-refractivity contribution in [2.24, 2.45) is 4.99 Å². The van der Waals surface area contributed by atoms with Crippen molar-refractivity contribution in [2.45, 2.75) is 77.8 Å². The largest absolute Gasteiger partial charge is 0.507 e. The lowest BCUT2D eigenvalue weighted by Crippen LogP contribution is -2.23. The Morgan fingerprint density at radius 1 is 1.07 bits per heavy atom. The lowest BCUT2D eigenvalue weighted by Gasteiger charge is -2.34. The van der Waals surface area contributed by atoms with Crippen LogP contribution in [0.2, 0.25) is 0 Å². The molecule has 2 aromatic rings. The minimum atomic E-state index is -0.108. The quantitative estimate of drug-likeness (QED) is 0.288. The first-order valence-electron chi connectivity index (χ1n) is 10.8. The summed E-state index contributed by atoms with van der Waals surface area (Å²) in [5.41, 5.74) is 4.59. The van der Waals surface area contributed by atoms with Crippen molar-refractivity contribution in [1.82, 2.24) is 0 Å². The predicted octanol–water partition coefficient (Wildman–Crippen LogP) is 6.85. The zero-order valence-electron chi connectivity index (χ0n) is 19.3. The van der Waals surface area contributed by atoms with E-state index < -0.39 is 0 Å². The predicted molar refractivity (Wildman–Crippen MR) is 131 cm³/mol. The molecule has 0 aliphatic rings. The van der Waals surface area contributed by atoms with Crippen LogP contribution in [0, 0.1) is 6.92 Å². The topological polar surface area (TPSA) is 32.6 Å². The van der Waals surface area contributed by atoms with Crippen LogP contribution in [-0.4, -0.2) is 18.4 Å². The van der Waals surface area contributed by atoms with Gasteiger partial charge in [0.2, 0.25) is 0 Å². The number of hydrogen-bond donors (Lipinski definition) is 1. The van der Waals surface area contributed by atoms with Gasteiger partial charge in [0.15, 0.2) is 0 Å². The van der Waals surface area contributed by atoms with Gasteiger partial charge in [-0.25, -0.2) is 0 Å². The van der Waals surface area contributed by atoms with E-state index in [0.717, 1.165) is 17.5 Å². The summed E-state index contributed by atoms with van der Waals surface area (Å²) in [7, 11) is 2.39. The standard InChI is InChI=1S/C26H38NOP/c1-8-9-12-15-26(6,29-23-14-11-10-13-20(23)18-27-7)22-17-21(25(3,4)5)16-19(2)24(22)28/h10-11,13-14,16-18,28-29H,8-9,12,15H2,1-7H3. The van der Waals surface area contributed by atoms with Gasteiger partial charge in [0.25, 0.3) is 0 Å². The fraction of sp³-hybridized carbons (Fsp3) is 0.500. The molecule has 0 spiro atoms. The third-order valence-corrected chi connectivity index (χ3v) is 7.48. The maximum Gasteiger partial charge on any atom is 0.122 e. The lowest BCUT2D eigenvalue weighted by atomic mass is 9.82. The Bertz CT molecular complexity index is 850. The van der Waals surface area contributed by atoms with Crippen LogP contribution in [-0.2, 0) is 10.6 Å². The molecule has 2 nitrogen and oxygen atoms in total. The number of hydrogen-bond acceptors (Lipinski definition) is 2. The van der Waals surface area contributed by atoms with Gasteiger partial charge in [-0.05, 0) is 40.8 Å². The fourth-order valence-electron chi connectivity index (χ4n) is 3.79. The average molecular weight is 412 g/mol. The Balaban J connectivity index is 2.60. The molecule has 158 valence electrons. The van der Waals surface area contributed by atoms with Crippen molar-refractivity contribution < 1.29 is 5.11 Å². The van der Waals surface area contributed by atoms with Crippen molar-refractivity contribution in [3.63, 3.8) is 0 Å². The van der Waals surface area contributed by atoms with Gasteiger partial charge in [-0.3, -0.25) is 4.99 Å². The van der Waals surface area contributed by atoms with Crippen molar-refractivity contribution in [2.75, 3.05) is 7.05 Å². The molecule has 0 heterocycles. The number of benzene rings is 2. The van der Waals surface area contributed by atoms with Crippen molar-refractivity contribution in [1.29, 1.82) is 0 Å². The summed E-state index contributed by atoms with van der Waals surface area (Å²) in [6.07, 6.45) is 6.60. The Kier molecular flexibility index (Phi) is 8.06. The highest BCUT2D eigenvalue weighted by Crippen LogP contribution is 2.50. The zero-order valence-corrected chi connectivity index (χ0v) is 20.3. The van der Waals surface area contributed by atoms with E-state index in [1.165, 1.54) is 35.7 Å². The first-order chi connectivity index (χ1) is 13.6. The fourth-order valence-corrected chi connectivity index (χ4v) is 5.48. The van der Waals surface area contributed by atoms with Crippen LogP contribution >= 0.6 is 8.58 Å². The molecule has 0 aliphatic carbocycles. The van der Waals surface area contributed by atoms with Gasteiger partial charge < -0.3 is 5.11 Å². The minimum Gasteiger partial charge on any atom is -0.507 e. The molecule has 0 amide bonds. The second-order valence-corrected chi connectivity index (χ2v) is 11.2. The minimum absolute atomic E-state index is 0.0490. The Morgan fingerprint density at radius 3 is 2.38 bits per heavy atom. The highest BCUT2D eigenvalue weighted by Gasteiger charge is 2.32. The number of aromatic hydroxyl groups is 1. The zero-order chi connectivity index (χ0) is 21.7. The van der Waals surface area contributed by atoms with E-state index in [2.05, 4.69) is 76.0 Å². The van der Waals surface area contributed by atoms with E-state index in [4.69, 9.17) is 0 Å². The molecule has 2 atom stereocenters. The van der Waals surface area contributed by atoms with E-state index in [1.807, 2.05) is 20.2 Å². The maximum absolute atomic E-state index is 11.1. The molecule has 1 N–H and O–H groups in total. The third-order valence-electron chi connectivity index (χ3n) is 5.68. The molecular weight excluding hydrogens is 373 g/mol. The number of phenolic OH excluding ortho intramolecular Hbond substituents is 1. The van der Waals surface area contributed by atoms with Gasteiger partial charge in [-0.1, -0.05) is 98.9 Å². The number of aryl methyl sites for hydroxylation is 1. The number of aliphatic imine (C=N–C) groups is 1. The molecule has 0 saturated carbocycles. The maximum atomic E-state index is 11.1. The number of phenols is 1. The van der Waals surface area contributed by atoms with Gasteiger partial charge in [-0.15, -0.1) is 0 Å². The van der Waals surface area contributed by atoms with Crippen molar-refractivity contribution >= 4 is 20.1 Å². The molecule has 0 aromatic heterocycles. The van der Waals surface area contributed by atoms with Crippen molar-refractivity contribution in [3.8, 4) is 5.75 Å². The van der Waals surface area contributed by atoms with Crippen LogP contribution < -0.4 is 5.30 Å². The molecule has 0 fully saturated rings. The summed E-state index contributed by atoms with van der Waals surface area (Å²) in [6.45, 7) is 13.3. The van der Waals surface area contributed by atoms with Crippen LogP contribution in [0.3, 0.4) is 0 Å². The summed E-state index contributed by atoms with van der Waals surface area (Å²) in [4.78, 5) is 4.25. The monoisotopic (exact) mass is 411 g/mol. The second-order valence-electron chi connectivity index (χ2n) is 9.33. The average Bonchev–Trinajstić information content (AvgIpc) is 2.65. The smallest absolute Gasteiger partial charge is 0.122 e. The van der Waals surface area contributed by atoms with E-state index in [9.17, 15) is 5.11 Å². The van der Waals surface area contributed by atoms with Crippen LogP contribution in [0.15, 0.2) is 41.4 Å².